The second kappa shape index (κ2) is 10.5. The summed E-state index contributed by atoms with van der Waals surface area (Å²) in [6.45, 7) is 0. The number of aliphatic hydroxyl groups excluding tert-OH is 1. The van der Waals surface area contributed by atoms with Crippen molar-refractivity contribution >= 4 is 52.1 Å². The third-order valence-corrected chi connectivity index (χ3v) is 7.74. The van der Waals surface area contributed by atoms with Gasteiger partial charge in [0.2, 0.25) is 0 Å². The molecular weight excluding hydrogens is 451 g/mol. The smallest absolute Gasteiger partial charge is 0.348 e. The summed E-state index contributed by atoms with van der Waals surface area (Å²) < 4.78 is 4.76. The lowest BCUT2D eigenvalue weighted by molar-refractivity contribution is 0.0606. The molecule has 1 fully saturated rings. The molecule has 4 atom stereocenters. The highest BCUT2D eigenvalue weighted by Gasteiger charge is 2.40. The van der Waals surface area contributed by atoms with E-state index in [1.807, 2.05) is 24.3 Å². The Kier molecular flexibility index (Phi) is 8.29. The highest BCUT2D eigenvalue weighted by molar-refractivity contribution is 7.13. The van der Waals surface area contributed by atoms with E-state index in [-0.39, 0.29) is 29.3 Å². The second-order valence-electron chi connectivity index (χ2n) is 7.61. The van der Waals surface area contributed by atoms with E-state index in [2.05, 4.69) is 0 Å². The molecule has 3 rings (SSSR count). The van der Waals surface area contributed by atoms with Crippen LogP contribution in [0.3, 0.4) is 0 Å². The molecule has 0 aliphatic heterocycles. The van der Waals surface area contributed by atoms with Crippen LogP contribution in [0.5, 0.6) is 0 Å². The molecule has 2 aromatic rings. The summed E-state index contributed by atoms with van der Waals surface area (Å²) in [5.74, 6) is 0.160. The molecular formula is C22H25Cl3O3S. The molecule has 1 aromatic heterocycles. The molecule has 1 aliphatic carbocycles. The highest BCUT2D eigenvalue weighted by Crippen LogP contribution is 2.42. The van der Waals surface area contributed by atoms with E-state index in [9.17, 15) is 9.90 Å². The van der Waals surface area contributed by atoms with Gasteiger partial charge in [0.15, 0.2) is 0 Å². The number of hydrogen-bond acceptors (Lipinski definition) is 4. The largest absolute Gasteiger partial charge is 0.465 e. The molecule has 1 heterocycles. The van der Waals surface area contributed by atoms with E-state index in [1.54, 1.807) is 6.07 Å². The van der Waals surface area contributed by atoms with Crippen LogP contribution in [0.2, 0.25) is 10.0 Å². The van der Waals surface area contributed by atoms with Gasteiger partial charge in [0.1, 0.15) is 4.88 Å². The third kappa shape index (κ3) is 6.11. The number of benzene rings is 1. The number of thiophene rings is 1. The van der Waals surface area contributed by atoms with Crippen LogP contribution in [0, 0.1) is 11.8 Å². The number of aliphatic hydroxyl groups is 1. The van der Waals surface area contributed by atoms with Crippen molar-refractivity contribution in [3.63, 3.8) is 0 Å². The molecule has 1 aliphatic rings. The number of methoxy groups -OCH3 is 1. The first-order valence-electron chi connectivity index (χ1n) is 9.81. The highest BCUT2D eigenvalue weighted by atomic mass is 35.5. The standard InChI is InChI=1S/C22H25Cl3O3S/c1-28-22(27)21-8-6-16(29-21)3-2-4-17-18(20(26)12-19(17)25)7-5-13-9-14(23)11-15(24)10-13/h6,8-11,17-20,26H,2-5,7,12H2,1H3/t17-,18-,19?,20-/m1/s1. The van der Waals surface area contributed by atoms with Crippen molar-refractivity contribution in [3.8, 4) is 0 Å². The van der Waals surface area contributed by atoms with Crippen molar-refractivity contribution < 1.29 is 14.6 Å². The number of alkyl halides is 1. The average Bonchev–Trinajstić information content (AvgIpc) is 3.23. The van der Waals surface area contributed by atoms with Crippen LogP contribution < -0.4 is 0 Å². The van der Waals surface area contributed by atoms with Crippen LogP contribution in [-0.2, 0) is 17.6 Å². The van der Waals surface area contributed by atoms with E-state index in [4.69, 9.17) is 39.5 Å². The number of carbonyl (C=O) groups is 1. The first kappa shape index (κ1) is 22.9. The maximum atomic E-state index is 11.6. The van der Waals surface area contributed by atoms with E-state index in [1.165, 1.54) is 23.3 Å². The van der Waals surface area contributed by atoms with Crippen molar-refractivity contribution in [2.75, 3.05) is 7.11 Å². The van der Waals surface area contributed by atoms with Gasteiger partial charge in [-0.15, -0.1) is 22.9 Å². The topological polar surface area (TPSA) is 46.5 Å². The zero-order chi connectivity index (χ0) is 21.0. The minimum absolute atomic E-state index is 0.00749. The molecule has 1 aromatic carbocycles. The van der Waals surface area contributed by atoms with E-state index in [0.29, 0.717) is 21.3 Å². The zero-order valence-electron chi connectivity index (χ0n) is 16.2. The van der Waals surface area contributed by atoms with Crippen molar-refractivity contribution in [2.45, 2.75) is 50.0 Å². The Morgan fingerprint density at radius 1 is 1.14 bits per heavy atom. The van der Waals surface area contributed by atoms with Gasteiger partial charge in [0.25, 0.3) is 0 Å². The zero-order valence-corrected chi connectivity index (χ0v) is 19.3. The lowest BCUT2D eigenvalue weighted by atomic mass is 9.85. The molecule has 158 valence electrons. The number of hydrogen-bond donors (Lipinski definition) is 1. The van der Waals surface area contributed by atoms with E-state index < -0.39 is 0 Å². The van der Waals surface area contributed by atoms with Gasteiger partial charge < -0.3 is 9.84 Å². The molecule has 0 spiro atoms. The van der Waals surface area contributed by atoms with Gasteiger partial charge >= 0.3 is 5.97 Å². The van der Waals surface area contributed by atoms with Crippen molar-refractivity contribution in [3.05, 3.63) is 55.7 Å². The number of aryl methyl sites for hydroxylation is 2. The van der Waals surface area contributed by atoms with E-state index in [0.717, 1.165) is 37.7 Å². The number of esters is 1. The maximum absolute atomic E-state index is 11.6. The first-order valence-corrected chi connectivity index (χ1v) is 11.8. The van der Waals surface area contributed by atoms with Crippen LogP contribution in [0.15, 0.2) is 30.3 Å². The van der Waals surface area contributed by atoms with Crippen LogP contribution >= 0.6 is 46.1 Å². The molecule has 1 saturated carbocycles. The Bertz CT molecular complexity index is 818. The number of ether oxygens (including phenoxy) is 1. The molecule has 1 unspecified atom stereocenters. The molecule has 3 nitrogen and oxygen atoms in total. The van der Waals surface area contributed by atoms with E-state index >= 15 is 0 Å². The van der Waals surface area contributed by atoms with Crippen LogP contribution in [0.25, 0.3) is 0 Å². The van der Waals surface area contributed by atoms with Crippen molar-refractivity contribution in [1.29, 1.82) is 0 Å². The Morgan fingerprint density at radius 3 is 2.55 bits per heavy atom. The molecule has 0 amide bonds. The van der Waals surface area contributed by atoms with Crippen molar-refractivity contribution in [1.82, 2.24) is 0 Å². The van der Waals surface area contributed by atoms with Crippen LogP contribution in [0.1, 0.15) is 45.8 Å². The summed E-state index contributed by atoms with van der Waals surface area (Å²) in [5.41, 5.74) is 1.08. The number of carbonyl (C=O) groups excluding carboxylic acids is 1. The van der Waals surface area contributed by atoms with Gasteiger partial charge in [-0.1, -0.05) is 23.2 Å². The summed E-state index contributed by atoms with van der Waals surface area (Å²) in [7, 11) is 1.39. The normalized spacial score (nSPS) is 24.0. The minimum Gasteiger partial charge on any atom is -0.465 e. The quantitative estimate of drug-likeness (QED) is 0.355. The fourth-order valence-corrected chi connectivity index (χ4v) is 6.29. The van der Waals surface area contributed by atoms with Gasteiger partial charge in [-0.05, 0) is 86.3 Å². The summed E-state index contributed by atoms with van der Waals surface area (Å²) in [6, 6.07) is 9.38. The maximum Gasteiger partial charge on any atom is 0.348 e. The number of halogens is 3. The average molecular weight is 476 g/mol. The fraction of sp³-hybridized carbons (Fsp3) is 0.500. The molecule has 0 radical (unpaired) electrons. The molecule has 1 N–H and O–H groups in total. The first-order chi connectivity index (χ1) is 13.9. The van der Waals surface area contributed by atoms with Gasteiger partial charge in [-0.2, -0.15) is 0 Å². The fourth-order valence-electron chi connectivity index (χ4n) is 4.26. The Morgan fingerprint density at radius 2 is 1.86 bits per heavy atom. The van der Waals surface area contributed by atoms with Gasteiger partial charge in [0.05, 0.1) is 13.2 Å². The Hall–Kier alpha value is -0.780. The number of rotatable bonds is 8. The minimum atomic E-state index is -0.371. The molecule has 0 bridgehead atoms. The lowest BCUT2D eigenvalue weighted by Crippen LogP contribution is -2.21. The third-order valence-electron chi connectivity index (χ3n) is 5.67. The predicted octanol–water partition coefficient (Wildman–Crippen LogP) is 6.40. The van der Waals surface area contributed by atoms with Crippen molar-refractivity contribution in [2.24, 2.45) is 11.8 Å². The predicted molar refractivity (Wildman–Crippen MR) is 121 cm³/mol. The van der Waals surface area contributed by atoms with Crippen LogP contribution in [-0.4, -0.2) is 29.7 Å². The summed E-state index contributed by atoms with van der Waals surface area (Å²) in [5, 5.41) is 11.8. The summed E-state index contributed by atoms with van der Waals surface area (Å²) in [4.78, 5) is 13.4. The lowest BCUT2D eigenvalue weighted by Gasteiger charge is -2.23. The van der Waals surface area contributed by atoms with Gasteiger partial charge in [-0.3, -0.25) is 0 Å². The Labute approximate surface area is 190 Å². The Balaban J connectivity index is 1.55. The van der Waals surface area contributed by atoms with Gasteiger partial charge in [-0.25, -0.2) is 4.79 Å². The monoisotopic (exact) mass is 474 g/mol. The molecule has 29 heavy (non-hydrogen) atoms. The second-order valence-corrected chi connectivity index (χ2v) is 10.2. The van der Waals surface area contributed by atoms with Gasteiger partial charge in [0, 0.05) is 20.3 Å². The summed E-state index contributed by atoms with van der Waals surface area (Å²) in [6.07, 6.45) is 4.77. The molecule has 7 heteroatoms. The summed E-state index contributed by atoms with van der Waals surface area (Å²) >= 11 is 20.3. The van der Waals surface area contributed by atoms with Crippen LogP contribution in [0.4, 0.5) is 0 Å². The molecule has 0 saturated heterocycles. The SMILES string of the molecule is COC(=O)c1ccc(CCC[C@H]2C(Cl)C[C@@H](O)[C@@H]2CCc2cc(Cl)cc(Cl)c2)s1.